The number of carbonyl (C=O) groups is 1. The quantitative estimate of drug-likeness (QED) is 0.847. The van der Waals surface area contributed by atoms with Crippen LogP contribution in [0.25, 0.3) is 5.69 Å². The van der Waals surface area contributed by atoms with Crippen molar-refractivity contribution < 1.29 is 4.79 Å². The number of rotatable bonds is 2. The van der Waals surface area contributed by atoms with Crippen LogP contribution in [0.1, 0.15) is 10.4 Å². The Balaban J connectivity index is 2.42. The van der Waals surface area contributed by atoms with Crippen molar-refractivity contribution in [1.29, 1.82) is 0 Å². The first kappa shape index (κ1) is 10.6. The largest absolute Gasteiger partial charge is 0.366 e. The first-order valence-corrected chi connectivity index (χ1v) is 5.15. The van der Waals surface area contributed by atoms with E-state index in [0.717, 1.165) is 5.69 Å². The molecule has 0 spiro atoms. The van der Waals surface area contributed by atoms with E-state index in [1.54, 1.807) is 24.3 Å². The molecular formula is C9H8BrN5O. The number of hydrogen-bond acceptors (Lipinski definition) is 4. The summed E-state index contributed by atoms with van der Waals surface area (Å²) >= 11 is 3.22. The van der Waals surface area contributed by atoms with Gasteiger partial charge in [-0.1, -0.05) is 0 Å². The molecule has 0 aliphatic carbocycles. The molecule has 0 fully saturated rings. The molecule has 2 aromatic rings. The smallest absolute Gasteiger partial charge is 0.248 e. The van der Waals surface area contributed by atoms with E-state index in [-0.39, 0.29) is 5.95 Å². The lowest BCUT2D eigenvalue weighted by atomic mass is 10.2. The van der Waals surface area contributed by atoms with Gasteiger partial charge in [-0.3, -0.25) is 4.79 Å². The average Bonchev–Trinajstić information content (AvgIpc) is 2.58. The van der Waals surface area contributed by atoms with Gasteiger partial charge in [0.05, 0.1) is 5.69 Å². The van der Waals surface area contributed by atoms with Crippen LogP contribution in [0, 0.1) is 0 Å². The molecule has 6 nitrogen and oxygen atoms in total. The maximum atomic E-state index is 10.9. The Morgan fingerprint density at radius 2 is 1.94 bits per heavy atom. The van der Waals surface area contributed by atoms with Gasteiger partial charge in [-0.15, -0.1) is 5.10 Å². The van der Waals surface area contributed by atoms with E-state index >= 15 is 0 Å². The van der Waals surface area contributed by atoms with Gasteiger partial charge in [-0.2, -0.15) is 4.98 Å². The number of hydrogen-bond donors (Lipinski definition) is 2. The normalized spacial score (nSPS) is 10.3. The van der Waals surface area contributed by atoms with Crippen LogP contribution in [0.4, 0.5) is 5.95 Å². The van der Waals surface area contributed by atoms with E-state index in [0.29, 0.717) is 10.3 Å². The van der Waals surface area contributed by atoms with E-state index in [2.05, 4.69) is 26.0 Å². The zero-order valence-corrected chi connectivity index (χ0v) is 9.68. The minimum absolute atomic E-state index is 0.172. The number of anilines is 1. The molecule has 1 heterocycles. The Labute approximate surface area is 99.4 Å². The van der Waals surface area contributed by atoms with E-state index in [1.807, 2.05) is 0 Å². The van der Waals surface area contributed by atoms with Crippen LogP contribution in [-0.2, 0) is 0 Å². The summed E-state index contributed by atoms with van der Waals surface area (Å²) in [6.07, 6.45) is 0. The second-order valence-corrected chi connectivity index (χ2v) is 3.77. The molecule has 0 bridgehead atoms. The molecule has 0 saturated heterocycles. The SMILES string of the molecule is NC(=O)c1ccc(-n2nc(N)nc2Br)cc1. The summed E-state index contributed by atoms with van der Waals surface area (Å²) in [6, 6.07) is 6.64. The third-order valence-electron chi connectivity index (χ3n) is 1.98. The fraction of sp³-hybridized carbons (Fsp3) is 0. The molecule has 0 aliphatic heterocycles. The number of primary amides is 1. The van der Waals surface area contributed by atoms with Gasteiger partial charge in [-0.05, 0) is 40.2 Å². The maximum absolute atomic E-state index is 10.9. The van der Waals surface area contributed by atoms with E-state index in [4.69, 9.17) is 11.5 Å². The number of nitrogens with zero attached hydrogens (tertiary/aromatic N) is 3. The molecular weight excluding hydrogens is 274 g/mol. The van der Waals surface area contributed by atoms with Gasteiger partial charge in [0.15, 0.2) is 0 Å². The van der Waals surface area contributed by atoms with Gasteiger partial charge < -0.3 is 11.5 Å². The van der Waals surface area contributed by atoms with Crippen molar-refractivity contribution in [2.24, 2.45) is 5.73 Å². The molecule has 0 atom stereocenters. The Hall–Kier alpha value is -1.89. The second kappa shape index (κ2) is 3.93. The predicted molar refractivity (Wildman–Crippen MR) is 62.0 cm³/mol. The predicted octanol–water partition coefficient (Wildman–Crippen LogP) is 0.711. The van der Waals surface area contributed by atoms with Gasteiger partial charge in [-0.25, -0.2) is 4.68 Å². The van der Waals surface area contributed by atoms with Gasteiger partial charge in [0, 0.05) is 5.56 Å². The Morgan fingerprint density at radius 3 is 2.38 bits per heavy atom. The molecule has 4 N–H and O–H groups in total. The summed E-state index contributed by atoms with van der Waals surface area (Å²) in [7, 11) is 0. The molecule has 0 aliphatic rings. The summed E-state index contributed by atoms with van der Waals surface area (Å²) in [4.78, 5) is 14.8. The van der Waals surface area contributed by atoms with Crippen LogP contribution in [-0.4, -0.2) is 20.7 Å². The molecule has 1 aromatic heterocycles. The minimum Gasteiger partial charge on any atom is -0.366 e. The Morgan fingerprint density at radius 1 is 1.31 bits per heavy atom. The third kappa shape index (κ3) is 1.89. The van der Waals surface area contributed by atoms with Crippen molar-refractivity contribution in [3.63, 3.8) is 0 Å². The van der Waals surface area contributed by atoms with Crippen LogP contribution in [0.15, 0.2) is 29.0 Å². The topological polar surface area (TPSA) is 99.8 Å². The molecule has 0 unspecified atom stereocenters. The number of aromatic nitrogens is 3. The van der Waals surface area contributed by atoms with E-state index < -0.39 is 5.91 Å². The van der Waals surface area contributed by atoms with Crippen molar-refractivity contribution in [3.05, 3.63) is 34.6 Å². The van der Waals surface area contributed by atoms with E-state index in [1.165, 1.54) is 4.68 Å². The monoisotopic (exact) mass is 281 g/mol. The van der Waals surface area contributed by atoms with E-state index in [9.17, 15) is 4.79 Å². The minimum atomic E-state index is -0.469. The van der Waals surface area contributed by atoms with Crippen molar-refractivity contribution in [2.45, 2.75) is 0 Å². The number of nitrogen functional groups attached to an aromatic ring is 1. The highest BCUT2D eigenvalue weighted by molar-refractivity contribution is 9.10. The average molecular weight is 282 g/mol. The summed E-state index contributed by atoms with van der Waals surface area (Å²) in [5.74, 6) is -0.297. The number of halogens is 1. The highest BCUT2D eigenvalue weighted by Crippen LogP contribution is 2.15. The maximum Gasteiger partial charge on any atom is 0.248 e. The number of carbonyl (C=O) groups excluding carboxylic acids is 1. The zero-order chi connectivity index (χ0) is 11.7. The van der Waals surface area contributed by atoms with Gasteiger partial charge in [0.1, 0.15) is 0 Å². The summed E-state index contributed by atoms with van der Waals surface area (Å²) < 4.78 is 2.01. The van der Waals surface area contributed by atoms with Gasteiger partial charge in [0.2, 0.25) is 16.6 Å². The standard InChI is InChI=1S/C9H8BrN5O/c10-8-13-9(12)14-15(8)6-3-1-5(2-4-6)7(11)16/h1-4H,(H2,11,16)(H2,12,14). The molecule has 82 valence electrons. The number of amides is 1. The lowest BCUT2D eigenvalue weighted by Gasteiger charge is -2.02. The van der Waals surface area contributed by atoms with Crippen LogP contribution in [0.5, 0.6) is 0 Å². The van der Waals surface area contributed by atoms with Crippen molar-refractivity contribution >= 4 is 27.8 Å². The fourth-order valence-corrected chi connectivity index (χ4v) is 1.70. The fourth-order valence-electron chi connectivity index (χ4n) is 1.24. The molecule has 0 saturated carbocycles. The first-order chi connectivity index (χ1) is 7.58. The van der Waals surface area contributed by atoms with Crippen molar-refractivity contribution in [3.8, 4) is 5.69 Å². The van der Waals surface area contributed by atoms with Crippen LogP contribution in [0.2, 0.25) is 0 Å². The molecule has 1 amide bonds. The van der Waals surface area contributed by atoms with Crippen LogP contribution in [0.3, 0.4) is 0 Å². The molecule has 0 radical (unpaired) electrons. The van der Waals surface area contributed by atoms with Crippen LogP contribution < -0.4 is 11.5 Å². The molecule has 1 aromatic carbocycles. The number of benzene rings is 1. The lowest BCUT2D eigenvalue weighted by molar-refractivity contribution is 0.100. The van der Waals surface area contributed by atoms with Crippen molar-refractivity contribution in [1.82, 2.24) is 14.8 Å². The van der Waals surface area contributed by atoms with Gasteiger partial charge in [0.25, 0.3) is 0 Å². The van der Waals surface area contributed by atoms with Crippen LogP contribution >= 0.6 is 15.9 Å². The molecule has 16 heavy (non-hydrogen) atoms. The summed E-state index contributed by atoms with van der Waals surface area (Å²) in [5.41, 5.74) is 11.8. The highest BCUT2D eigenvalue weighted by Gasteiger charge is 2.07. The second-order valence-electron chi connectivity index (χ2n) is 3.06. The summed E-state index contributed by atoms with van der Waals surface area (Å²) in [5, 5.41) is 3.98. The summed E-state index contributed by atoms with van der Waals surface area (Å²) in [6.45, 7) is 0. The zero-order valence-electron chi connectivity index (χ0n) is 8.09. The molecule has 7 heteroatoms. The Bertz CT molecular complexity index is 533. The van der Waals surface area contributed by atoms with Crippen molar-refractivity contribution in [2.75, 3.05) is 5.73 Å². The molecule has 2 rings (SSSR count). The third-order valence-corrected chi connectivity index (χ3v) is 2.49. The lowest BCUT2D eigenvalue weighted by Crippen LogP contribution is -2.10. The first-order valence-electron chi connectivity index (χ1n) is 4.36. The highest BCUT2D eigenvalue weighted by atomic mass is 79.9. The van der Waals surface area contributed by atoms with Gasteiger partial charge >= 0.3 is 0 Å². The number of nitrogens with two attached hydrogens (primary N) is 2. The Kier molecular flexibility index (Phi) is 2.61.